The van der Waals surface area contributed by atoms with E-state index in [9.17, 15) is 8.42 Å². The van der Waals surface area contributed by atoms with Gasteiger partial charge >= 0.3 is 0 Å². The van der Waals surface area contributed by atoms with Gasteiger partial charge in [0.2, 0.25) is 15.9 Å². The normalized spacial score (nSPS) is 19.9. The number of fused-ring (bicyclic) bond motifs is 1. The molecule has 2 aliphatic heterocycles. The molecule has 1 aromatic heterocycles. The zero-order valence-electron chi connectivity index (χ0n) is 12.6. The molecule has 1 spiro atoms. The second-order valence-corrected chi connectivity index (χ2v) is 9.12. The number of rotatable bonds is 2. The van der Waals surface area contributed by atoms with Crippen molar-refractivity contribution in [1.29, 1.82) is 0 Å². The predicted molar refractivity (Wildman–Crippen MR) is 87.8 cm³/mol. The fourth-order valence-corrected chi connectivity index (χ4v) is 5.19. The largest absolute Gasteiger partial charge is 0.476 e. The molecule has 2 aromatic rings. The summed E-state index contributed by atoms with van der Waals surface area (Å²) in [6.07, 6.45) is 1.70. The highest BCUT2D eigenvalue weighted by Gasteiger charge is 2.51. The quantitative estimate of drug-likeness (QED) is 0.777. The SMILES string of the molecule is Cc1ccc(S(=O)(=O)N2CC3(COc4c(Br)cnn4C3)C2)cc1. The summed E-state index contributed by atoms with van der Waals surface area (Å²) in [5.41, 5.74) is 0.859. The monoisotopic (exact) mass is 397 g/mol. The lowest BCUT2D eigenvalue weighted by Crippen LogP contribution is -2.63. The number of halogens is 1. The molecule has 6 nitrogen and oxygen atoms in total. The van der Waals surface area contributed by atoms with Crippen LogP contribution in [0.3, 0.4) is 0 Å². The molecular weight excluding hydrogens is 382 g/mol. The maximum Gasteiger partial charge on any atom is 0.243 e. The molecule has 0 N–H and O–H groups in total. The van der Waals surface area contributed by atoms with E-state index in [1.54, 1.807) is 23.0 Å². The first-order chi connectivity index (χ1) is 10.9. The Kier molecular flexibility index (Phi) is 3.33. The third-order valence-corrected chi connectivity index (χ3v) is 6.78. The lowest BCUT2D eigenvalue weighted by molar-refractivity contribution is -0.0264. The highest BCUT2D eigenvalue weighted by atomic mass is 79.9. The summed E-state index contributed by atoms with van der Waals surface area (Å²) >= 11 is 3.39. The number of hydrogen-bond acceptors (Lipinski definition) is 4. The van der Waals surface area contributed by atoms with Crippen LogP contribution >= 0.6 is 15.9 Å². The van der Waals surface area contributed by atoms with Gasteiger partial charge in [-0.15, -0.1) is 0 Å². The van der Waals surface area contributed by atoms with Crippen molar-refractivity contribution in [2.75, 3.05) is 19.7 Å². The second-order valence-electron chi connectivity index (χ2n) is 6.33. The fourth-order valence-electron chi connectivity index (χ4n) is 3.11. The first-order valence-electron chi connectivity index (χ1n) is 7.31. The van der Waals surface area contributed by atoms with Crippen LogP contribution in [0, 0.1) is 12.3 Å². The Labute approximate surface area is 143 Å². The van der Waals surface area contributed by atoms with Gasteiger partial charge in [-0.1, -0.05) is 17.7 Å². The molecule has 1 aromatic carbocycles. The molecule has 2 aliphatic rings. The van der Waals surface area contributed by atoms with Crippen molar-refractivity contribution in [2.24, 2.45) is 5.41 Å². The molecule has 3 heterocycles. The van der Waals surface area contributed by atoms with Gasteiger partial charge in [0.05, 0.1) is 34.1 Å². The molecule has 0 atom stereocenters. The predicted octanol–water partition coefficient (Wildman–Crippen LogP) is 2.04. The molecule has 0 radical (unpaired) electrons. The molecule has 0 amide bonds. The minimum absolute atomic E-state index is 0.184. The third kappa shape index (κ3) is 2.40. The molecule has 4 rings (SSSR count). The van der Waals surface area contributed by atoms with E-state index in [1.807, 2.05) is 19.1 Å². The number of ether oxygens (including phenoxy) is 1. The van der Waals surface area contributed by atoms with E-state index in [2.05, 4.69) is 21.0 Å². The van der Waals surface area contributed by atoms with Gasteiger partial charge in [-0.2, -0.15) is 9.40 Å². The van der Waals surface area contributed by atoms with E-state index in [1.165, 1.54) is 4.31 Å². The molecule has 0 saturated carbocycles. The molecular formula is C15H16BrN3O3S. The van der Waals surface area contributed by atoms with Crippen molar-refractivity contribution in [3.8, 4) is 5.88 Å². The van der Waals surface area contributed by atoms with E-state index in [-0.39, 0.29) is 5.41 Å². The van der Waals surface area contributed by atoms with Gasteiger partial charge in [0.15, 0.2) is 0 Å². The van der Waals surface area contributed by atoms with Crippen molar-refractivity contribution in [1.82, 2.24) is 14.1 Å². The minimum Gasteiger partial charge on any atom is -0.476 e. The summed E-state index contributed by atoms with van der Waals surface area (Å²) < 4.78 is 35.2. The first-order valence-corrected chi connectivity index (χ1v) is 9.54. The van der Waals surface area contributed by atoms with Crippen LogP contribution in [-0.2, 0) is 16.6 Å². The Morgan fingerprint density at radius 2 is 1.91 bits per heavy atom. The molecule has 122 valence electrons. The average Bonchev–Trinajstić information content (AvgIpc) is 2.86. The Hall–Kier alpha value is -1.38. The highest BCUT2D eigenvalue weighted by molar-refractivity contribution is 9.10. The topological polar surface area (TPSA) is 64.4 Å². The van der Waals surface area contributed by atoms with Crippen molar-refractivity contribution in [3.05, 3.63) is 40.5 Å². The maximum absolute atomic E-state index is 12.7. The van der Waals surface area contributed by atoms with E-state index >= 15 is 0 Å². The van der Waals surface area contributed by atoms with Gasteiger partial charge in [0, 0.05) is 13.1 Å². The van der Waals surface area contributed by atoms with Crippen LogP contribution in [0.1, 0.15) is 5.56 Å². The Morgan fingerprint density at radius 1 is 1.22 bits per heavy atom. The number of sulfonamides is 1. The fraction of sp³-hybridized carbons (Fsp3) is 0.400. The Balaban J connectivity index is 1.52. The first kappa shape index (κ1) is 15.2. The number of aryl methyl sites for hydroxylation is 1. The van der Waals surface area contributed by atoms with Gasteiger partial charge in [0.25, 0.3) is 0 Å². The van der Waals surface area contributed by atoms with Crippen molar-refractivity contribution >= 4 is 26.0 Å². The molecule has 0 aliphatic carbocycles. The van der Waals surface area contributed by atoms with Crippen molar-refractivity contribution < 1.29 is 13.2 Å². The van der Waals surface area contributed by atoms with Crippen molar-refractivity contribution in [2.45, 2.75) is 18.4 Å². The van der Waals surface area contributed by atoms with Crippen LogP contribution in [0.5, 0.6) is 5.88 Å². The lowest BCUT2D eigenvalue weighted by atomic mass is 9.82. The summed E-state index contributed by atoms with van der Waals surface area (Å²) in [6, 6.07) is 6.96. The number of aromatic nitrogens is 2. The number of nitrogens with zero attached hydrogens (tertiary/aromatic N) is 3. The maximum atomic E-state index is 12.7. The van der Waals surface area contributed by atoms with Crippen LogP contribution in [0.4, 0.5) is 0 Å². The molecule has 0 bridgehead atoms. The van der Waals surface area contributed by atoms with Crippen LogP contribution in [0.2, 0.25) is 0 Å². The highest BCUT2D eigenvalue weighted by Crippen LogP contribution is 2.41. The summed E-state index contributed by atoms with van der Waals surface area (Å²) in [5, 5.41) is 4.27. The van der Waals surface area contributed by atoms with Crippen LogP contribution in [0.25, 0.3) is 0 Å². The Bertz CT molecular complexity index is 855. The van der Waals surface area contributed by atoms with Crippen LogP contribution in [0.15, 0.2) is 39.8 Å². The van der Waals surface area contributed by atoms with Crippen LogP contribution in [-0.4, -0.2) is 42.2 Å². The lowest BCUT2D eigenvalue weighted by Gasteiger charge is -2.50. The summed E-state index contributed by atoms with van der Waals surface area (Å²) in [5.74, 6) is 0.718. The van der Waals surface area contributed by atoms with E-state index in [0.717, 1.165) is 15.9 Å². The number of benzene rings is 1. The second kappa shape index (κ2) is 5.06. The molecule has 23 heavy (non-hydrogen) atoms. The smallest absolute Gasteiger partial charge is 0.243 e. The zero-order valence-corrected chi connectivity index (χ0v) is 15.0. The summed E-state index contributed by atoms with van der Waals surface area (Å²) in [6.45, 7) is 4.04. The van der Waals surface area contributed by atoms with E-state index in [4.69, 9.17) is 4.74 Å². The average molecular weight is 398 g/mol. The standard InChI is InChI=1S/C15H16BrN3O3S/c1-11-2-4-12(5-3-11)23(20,21)18-7-15(8-18)9-19-14(22-10-15)13(16)6-17-19/h2-6H,7-10H2,1H3. The van der Waals surface area contributed by atoms with Gasteiger partial charge in [0.1, 0.15) is 0 Å². The van der Waals surface area contributed by atoms with Gasteiger partial charge in [-0.05, 0) is 35.0 Å². The van der Waals surface area contributed by atoms with Crippen LogP contribution < -0.4 is 4.74 Å². The summed E-state index contributed by atoms with van der Waals surface area (Å²) in [4.78, 5) is 0.345. The minimum atomic E-state index is -3.43. The number of hydrogen-bond donors (Lipinski definition) is 0. The van der Waals surface area contributed by atoms with Crippen molar-refractivity contribution in [3.63, 3.8) is 0 Å². The molecule has 8 heteroatoms. The van der Waals surface area contributed by atoms with Gasteiger partial charge in [-0.3, -0.25) is 0 Å². The van der Waals surface area contributed by atoms with Gasteiger partial charge < -0.3 is 4.74 Å². The van der Waals surface area contributed by atoms with E-state index < -0.39 is 10.0 Å². The van der Waals surface area contributed by atoms with Gasteiger partial charge in [-0.25, -0.2) is 13.1 Å². The van der Waals surface area contributed by atoms with E-state index in [0.29, 0.717) is 31.1 Å². The summed E-state index contributed by atoms with van der Waals surface area (Å²) in [7, 11) is -3.43. The third-order valence-electron chi connectivity index (χ3n) is 4.43. The zero-order chi connectivity index (χ0) is 16.2. The molecule has 0 unspecified atom stereocenters. The molecule has 1 saturated heterocycles. The Morgan fingerprint density at radius 3 is 2.61 bits per heavy atom. The molecule has 1 fully saturated rings.